The van der Waals surface area contributed by atoms with Gasteiger partial charge in [-0.25, -0.2) is 19.6 Å². The fraction of sp³-hybridized carbons (Fsp3) is 0.524. The maximum absolute atomic E-state index is 13.9. The average Bonchev–Trinajstić information content (AvgIpc) is 3.72. The van der Waals surface area contributed by atoms with Crippen molar-refractivity contribution in [1.29, 1.82) is 0 Å². The molecular weight excluding hydrogens is 802 g/mol. The van der Waals surface area contributed by atoms with Gasteiger partial charge in [0.25, 0.3) is 0 Å². The number of aromatic nitrogens is 3. The van der Waals surface area contributed by atoms with Crippen LogP contribution >= 0.6 is 27.5 Å². The van der Waals surface area contributed by atoms with Crippen molar-refractivity contribution in [2.75, 3.05) is 26.2 Å². The number of fused-ring (bicyclic) bond motifs is 2. The first kappa shape index (κ1) is 41.7. The van der Waals surface area contributed by atoms with Gasteiger partial charge in [0.1, 0.15) is 45.9 Å². The summed E-state index contributed by atoms with van der Waals surface area (Å²) in [5.41, 5.74) is 0.329. The highest BCUT2D eigenvalue weighted by Crippen LogP contribution is 2.49. The van der Waals surface area contributed by atoms with Gasteiger partial charge >= 0.3 is 12.2 Å². The first-order valence-electron chi connectivity index (χ1n) is 19.2. The summed E-state index contributed by atoms with van der Waals surface area (Å²) in [6, 6.07) is 17.3. The molecule has 14 heteroatoms. The molecule has 2 aliphatic rings. The van der Waals surface area contributed by atoms with E-state index in [1.54, 1.807) is 9.80 Å². The van der Waals surface area contributed by atoms with Gasteiger partial charge in [0.05, 0.1) is 17.5 Å². The summed E-state index contributed by atoms with van der Waals surface area (Å²) in [5.74, 6) is 0.549. The molecule has 3 heterocycles. The van der Waals surface area contributed by atoms with Crippen molar-refractivity contribution >= 4 is 50.8 Å². The minimum absolute atomic E-state index is 0.0971. The van der Waals surface area contributed by atoms with Crippen molar-refractivity contribution in [3.63, 3.8) is 0 Å². The van der Waals surface area contributed by atoms with Gasteiger partial charge in [0.15, 0.2) is 5.79 Å². The van der Waals surface area contributed by atoms with E-state index in [9.17, 15) is 9.59 Å². The van der Waals surface area contributed by atoms with E-state index in [1.807, 2.05) is 116 Å². The molecule has 0 N–H and O–H groups in total. The maximum atomic E-state index is 13.9. The molecule has 4 atom stereocenters. The largest absolute Gasteiger partial charge is 0.457 e. The Balaban J connectivity index is 1.18. The zero-order valence-electron chi connectivity index (χ0n) is 33.5. The number of carbonyl (C=O) groups excluding carboxylic acids is 2. The van der Waals surface area contributed by atoms with Crippen LogP contribution in [0.4, 0.5) is 9.59 Å². The van der Waals surface area contributed by atoms with Crippen LogP contribution in [0, 0.1) is 5.92 Å². The Kier molecular flexibility index (Phi) is 12.6. The predicted molar refractivity (Wildman–Crippen MR) is 218 cm³/mol. The fourth-order valence-corrected chi connectivity index (χ4v) is 8.29. The van der Waals surface area contributed by atoms with E-state index < -0.39 is 29.2 Å². The van der Waals surface area contributed by atoms with Gasteiger partial charge in [-0.15, -0.1) is 0 Å². The second-order valence-electron chi connectivity index (χ2n) is 16.9. The summed E-state index contributed by atoms with van der Waals surface area (Å²) >= 11 is 10.1. The molecule has 1 saturated heterocycles. The Bertz CT molecular complexity index is 2000. The van der Waals surface area contributed by atoms with Crippen molar-refractivity contribution in [1.82, 2.24) is 24.3 Å². The van der Waals surface area contributed by atoms with E-state index in [0.717, 1.165) is 26.9 Å². The topological polar surface area (TPSA) is 117 Å². The normalized spacial score (nSPS) is 20.5. The van der Waals surface area contributed by atoms with Crippen LogP contribution in [0.1, 0.15) is 79.8 Å². The molecule has 2 fully saturated rings. The van der Waals surface area contributed by atoms with Crippen molar-refractivity contribution in [2.24, 2.45) is 5.92 Å². The third kappa shape index (κ3) is 10.5. The number of nitrogens with zero attached hydrogens (tertiary/aromatic N) is 5. The molecule has 4 aromatic rings. The lowest BCUT2D eigenvalue weighted by Gasteiger charge is -2.32. The lowest BCUT2D eigenvalue weighted by Crippen LogP contribution is -2.44. The van der Waals surface area contributed by atoms with E-state index >= 15 is 0 Å². The molecule has 12 nitrogen and oxygen atoms in total. The van der Waals surface area contributed by atoms with E-state index in [1.165, 1.54) is 6.33 Å². The van der Waals surface area contributed by atoms with Crippen LogP contribution in [0.25, 0.3) is 11.0 Å². The van der Waals surface area contributed by atoms with Crippen LogP contribution in [-0.2, 0) is 25.4 Å². The van der Waals surface area contributed by atoms with Crippen LogP contribution < -0.4 is 4.74 Å². The molecule has 302 valence electrons. The number of hydrogen-bond donors (Lipinski definition) is 0. The molecule has 0 bridgehead atoms. The highest BCUT2D eigenvalue weighted by atomic mass is 79.9. The molecule has 0 spiro atoms. The van der Waals surface area contributed by atoms with Crippen LogP contribution in [0.5, 0.6) is 11.5 Å². The molecule has 2 amide bonds. The smallest absolute Gasteiger partial charge is 0.410 e. The number of benzene rings is 2. The molecular formula is C42H53BrClN5O7. The van der Waals surface area contributed by atoms with Gasteiger partial charge in [0, 0.05) is 42.8 Å². The Morgan fingerprint density at radius 3 is 2.23 bits per heavy atom. The standard InChI is InChI=1S/C42H53BrClN5O7/c1-40(2,3)55-38(50)47(21-18-27-14-12-17-30(22-27)52-29-15-10-9-11-16-29)19-13-20-48(39(51)56-41(4,5)6)24-28-23-32(35-34(28)53-42(7,8)54-35)49-25-31(43)33-36(44)45-26-46-37(33)49/h9-12,14-17,22,25-26,28,32,34-35H,13,18-21,23-24H2,1-8H3/t28-,32-,34-,35+/m1/s1. The third-order valence-corrected chi connectivity index (χ3v) is 10.5. The summed E-state index contributed by atoms with van der Waals surface area (Å²) in [6.45, 7) is 16.4. The monoisotopic (exact) mass is 853 g/mol. The quantitative estimate of drug-likeness (QED) is 0.128. The van der Waals surface area contributed by atoms with Crippen LogP contribution in [-0.4, -0.2) is 91.9 Å². The predicted octanol–water partition coefficient (Wildman–Crippen LogP) is 9.83. The number of amides is 2. The van der Waals surface area contributed by atoms with Gasteiger partial charge in [-0.2, -0.15) is 0 Å². The minimum Gasteiger partial charge on any atom is -0.457 e. The fourth-order valence-electron chi connectivity index (χ4n) is 7.36. The average molecular weight is 855 g/mol. The van der Waals surface area contributed by atoms with Crippen LogP contribution in [0.2, 0.25) is 5.15 Å². The summed E-state index contributed by atoms with van der Waals surface area (Å²) in [5, 5.41) is 1.09. The molecule has 56 heavy (non-hydrogen) atoms. The number of carbonyl (C=O) groups is 2. The van der Waals surface area contributed by atoms with E-state index in [0.29, 0.717) is 56.2 Å². The molecule has 2 aromatic carbocycles. The van der Waals surface area contributed by atoms with Crippen LogP contribution in [0.3, 0.4) is 0 Å². The summed E-state index contributed by atoms with van der Waals surface area (Å²) in [4.78, 5) is 39.6. The van der Waals surface area contributed by atoms with Gasteiger partial charge in [-0.05, 0) is 120 Å². The van der Waals surface area contributed by atoms with E-state index in [4.69, 9.17) is 35.3 Å². The number of ether oxygens (including phenoxy) is 5. The highest BCUT2D eigenvalue weighted by molar-refractivity contribution is 9.10. The second kappa shape index (κ2) is 16.9. The zero-order chi connectivity index (χ0) is 40.4. The van der Waals surface area contributed by atoms with Gasteiger partial charge in [-0.3, -0.25) is 0 Å². The Morgan fingerprint density at radius 1 is 0.893 bits per heavy atom. The van der Waals surface area contributed by atoms with Crippen molar-refractivity contribution in [2.45, 2.75) is 110 Å². The first-order valence-corrected chi connectivity index (χ1v) is 20.3. The lowest BCUT2D eigenvalue weighted by atomic mass is 10.0. The van der Waals surface area contributed by atoms with Crippen molar-refractivity contribution < 1.29 is 33.3 Å². The second-order valence-corrected chi connectivity index (χ2v) is 18.1. The minimum atomic E-state index is -0.822. The Labute approximate surface area is 342 Å². The lowest BCUT2D eigenvalue weighted by molar-refractivity contribution is -0.160. The molecule has 1 aliphatic heterocycles. The Hall–Kier alpha value is -3.91. The number of halogens is 2. The molecule has 1 aliphatic carbocycles. The molecule has 0 radical (unpaired) electrons. The number of hydrogen-bond acceptors (Lipinski definition) is 9. The SMILES string of the molecule is CC(C)(C)OC(=O)N(CCCN(C[C@H]1C[C@@H](n2cc(Br)c3c(Cl)ncnc32)[C@@H]2OC(C)(C)O[C@H]12)C(=O)OC(C)(C)C)CCc1cccc(Oc2ccccc2)c1. The molecule has 1 saturated carbocycles. The third-order valence-electron chi connectivity index (χ3n) is 9.59. The maximum Gasteiger partial charge on any atom is 0.410 e. The van der Waals surface area contributed by atoms with Crippen molar-refractivity contribution in [3.05, 3.63) is 82.3 Å². The molecule has 0 unspecified atom stereocenters. The molecule has 2 aromatic heterocycles. The highest BCUT2D eigenvalue weighted by Gasteiger charge is 2.55. The van der Waals surface area contributed by atoms with Crippen LogP contribution in [0.15, 0.2) is 71.6 Å². The van der Waals surface area contributed by atoms with E-state index in [2.05, 4.69) is 30.5 Å². The summed E-state index contributed by atoms with van der Waals surface area (Å²) in [6.07, 6.45) is 3.71. The first-order chi connectivity index (χ1) is 26.4. The van der Waals surface area contributed by atoms with Gasteiger partial charge in [0.2, 0.25) is 0 Å². The number of para-hydroxylation sites is 1. The summed E-state index contributed by atoms with van der Waals surface area (Å²) in [7, 11) is 0. The van der Waals surface area contributed by atoms with Gasteiger partial charge < -0.3 is 38.1 Å². The van der Waals surface area contributed by atoms with E-state index in [-0.39, 0.29) is 24.2 Å². The zero-order valence-corrected chi connectivity index (χ0v) is 35.8. The van der Waals surface area contributed by atoms with Gasteiger partial charge in [-0.1, -0.05) is 41.9 Å². The Morgan fingerprint density at radius 2 is 1.54 bits per heavy atom. The number of rotatable bonds is 12. The van der Waals surface area contributed by atoms with Crippen molar-refractivity contribution in [3.8, 4) is 11.5 Å². The summed E-state index contributed by atoms with van der Waals surface area (Å²) < 4.78 is 33.7. The molecule has 6 rings (SSSR count).